The van der Waals surface area contributed by atoms with E-state index in [1.54, 1.807) is 12.3 Å². The molecule has 2 N–H and O–H groups in total. The Morgan fingerprint density at radius 3 is 2.46 bits per heavy atom. The predicted octanol–water partition coefficient (Wildman–Crippen LogP) is 5.39. The lowest BCUT2D eigenvalue weighted by atomic mass is 9.95. The number of anilines is 1. The van der Waals surface area contributed by atoms with E-state index < -0.39 is 0 Å². The smallest absolute Gasteiger partial charge is 0.273 e. The SMILES string of the molecule is O=C(Nc1ccc(-c2ccccc2Cc2ccc(OCCN3CCCC3)cc2)cc1)c1ccn[nH]1. The molecule has 1 saturated heterocycles. The van der Waals surface area contributed by atoms with Crippen LogP contribution in [0.15, 0.2) is 85.1 Å². The summed E-state index contributed by atoms with van der Waals surface area (Å²) >= 11 is 0. The first-order valence-electron chi connectivity index (χ1n) is 12.2. The third-order valence-corrected chi connectivity index (χ3v) is 6.41. The van der Waals surface area contributed by atoms with Gasteiger partial charge in [0.05, 0.1) is 0 Å². The van der Waals surface area contributed by atoms with Gasteiger partial charge in [-0.05, 0) is 84.9 Å². The molecule has 0 radical (unpaired) electrons. The van der Waals surface area contributed by atoms with Crippen molar-refractivity contribution >= 4 is 11.6 Å². The van der Waals surface area contributed by atoms with Crippen LogP contribution in [0.3, 0.4) is 0 Å². The van der Waals surface area contributed by atoms with Crippen LogP contribution in [0.1, 0.15) is 34.5 Å². The number of aromatic amines is 1. The number of carbonyl (C=O) groups excluding carboxylic acids is 1. The minimum Gasteiger partial charge on any atom is -0.492 e. The van der Waals surface area contributed by atoms with Crippen molar-refractivity contribution in [2.24, 2.45) is 0 Å². The van der Waals surface area contributed by atoms with E-state index in [1.165, 1.54) is 42.6 Å². The van der Waals surface area contributed by atoms with Gasteiger partial charge in [-0.25, -0.2) is 0 Å². The number of hydrogen-bond donors (Lipinski definition) is 2. The molecule has 1 aliphatic rings. The molecule has 4 aromatic rings. The average molecular weight is 467 g/mol. The summed E-state index contributed by atoms with van der Waals surface area (Å²) < 4.78 is 5.95. The van der Waals surface area contributed by atoms with Crippen LogP contribution in [-0.2, 0) is 6.42 Å². The topological polar surface area (TPSA) is 70.2 Å². The second-order valence-corrected chi connectivity index (χ2v) is 8.88. The fourth-order valence-corrected chi connectivity index (χ4v) is 4.49. The average Bonchev–Trinajstić information content (AvgIpc) is 3.61. The Kier molecular flexibility index (Phi) is 7.20. The number of carbonyl (C=O) groups is 1. The number of nitrogens with zero attached hydrogens (tertiary/aromatic N) is 2. The fraction of sp³-hybridized carbons (Fsp3) is 0.241. The molecule has 6 heteroatoms. The molecule has 0 spiro atoms. The first-order valence-corrected chi connectivity index (χ1v) is 12.2. The lowest BCUT2D eigenvalue weighted by Crippen LogP contribution is -2.25. The summed E-state index contributed by atoms with van der Waals surface area (Å²) in [5.74, 6) is 0.716. The van der Waals surface area contributed by atoms with Crippen LogP contribution in [0, 0.1) is 0 Å². The van der Waals surface area contributed by atoms with Gasteiger partial charge in [0.25, 0.3) is 5.91 Å². The Balaban J connectivity index is 1.21. The second kappa shape index (κ2) is 11.0. The molecule has 0 atom stereocenters. The van der Waals surface area contributed by atoms with Crippen LogP contribution in [0.4, 0.5) is 5.69 Å². The zero-order valence-corrected chi connectivity index (χ0v) is 19.7. The molecule has 1 aromatic heterocycles. The molecule has 35 heavy (non-hydrogen) atoms. The standard InChI is InChI=1S/C29H30N4O2/c34-29(28-15-16-30-32-28)31-25-11-9-23(10-12-25)27-6-2-1-5-24(27)21-22-7-13-26(14-8-22)35-20-19-33-17-3-4-18-33/h1-2,5-16H,3-4,17-21H2,(H,30,32)(H,31,34). The maximum atomic E-state index is 12.2. The van der Waals surface area contributed by atoms with Gasteiger partial charge >= 0.3 is 0 Å². The maximum absolute atomic E-state index is 12.2. The molecule has 2 heterocycles. The molecular weight excluding hydrogens is 436 g/mol. The Hall–Kier alpha value is -3.90. The molecule has 5 rings (SSSR count). The molecule has 6 nitrogen and oxygen atoms in total. The van der Waals surface area contributed by atoms with Crippen LogP contribution in [0.25, 0.3) is 11.1 Å². The van der Waals surface area contributed by atoms with Gasteiger partial charge in [-0.15, -0.1) is 0 Å². The summed E-state index contributed by atoms with van der Waals surface area (Å²) in [6.07, 6.45) is 5.01. The van der Waals surface area contributed by atoms with Gasteiger partial charge in [0.15, 0.2) is 0 Å². The maximum Gasteiger partial charge on any atom is 0.273 e. The van der Waals surface area contributed by atoms with E-state index in [2.05, 4.69) is 68.9 Å². The monoisotopic (exact) mass is 466 g/mol. The van der Waals surface area contributed by atoms with E-state index in [0.29, 0.717) is 5.69 Å². The third kappa shape index (κ3) is 5.97. The number of hydrogen-bond acceptors (Lipinski definition) is 4. The normalized spacial score (nSPS) is 13.6. The summed E-state index contributed by atoms with van der Waals surface area (Å²) in [7, 11) is 0. The highest BCUT2D eigenvalue weighted by Crippen LogP contribution is 2.27. The van der Waals surface area contributed by atoms with Crippen molar-refractivity contribution < 1.29 is 9.53 Å². The molecule has 1 amide bonds. The Morgan fingerprint density at radius 2 is 1.71 bits per heavy atom. The van der Waals surface area contributed by atoms with Crippen LogP contribution in [0.2, 0.25) is 0 Å². The Labute approximate surface area is 205 Å². The first-order chi connectivity index (χ1) is 17.2. The van der Waals surface area contributed by atoms with E-state index in [9.17, 15) is 4.79 Å². The molecule has 178 valence electrons. The number of aromatic nitrogens is 2. The summed E-state index contributed by atoms with van der Waals surface area (Å²) in [5.41, 5.74) is 5.97. The van der Waals surface area contributed by atoms with Gasteiger partial charge in [0, 0.05) is 18.4 Å². The van der Waals surface area contributed by atoms with Gasteiger partial charge in [0.1, 0.15) is 18.1 Å². The zero-order chi connectivity index (χ0) is 23.9. The summed E-state index contributed by atoms with van der Waals surface area (Å²) in [4.78, 5) is 14.7. The number of nitrogens with one attached hydrogen (secondary N) is 2. The second-order valence-electron chi connectivity index (χ2n) is 8.88. The fourth-order valence-electron chi connectivity index (χ4n) is 4.49. The largest absolute Gasteiger partial charge is 0.492 e. The van der Waals surface area contributed by atoms with Gasteiger partial charge in [-0.2, -0.15) is 5.10 Å². The van der Waals surface area contributed by atoms with E-state index >= 15 is 0 Å². The molecule has 0 aliphatic carbocycles. The minimum atomic E-state index is -0.209. The van der Waals surface area contributed by atoms with Crippen LogP contribution in [-0.4, -0.2) is 47.2 Å². The van der Waals surface area contributed by atoms with Crippen molar-refractivity contribution in [2.45, 2.75) is 19.3 Å². The number of ether oxygens (including phenoxy) is 1. The van der Waals surface area contributed by atoms with Crippen molar-refractivity contribution in [2.75, 3.05) is 31.6 Å². The number of likely N-dealkylation sites (tertiary alicyclic amines) is 1. The van der Waals surface area contributed by atoms with Gasteiger partial charge in [-0.3, -0.25) is 14.8 Å². The highest BCUT2D eigenvalue weighted by atomic mass is 16.5. The first kappa shape index (κ1) is 22.9. The molecule has 0 unspecified atom stereocenters. The molecule has 1 aliphatic heterocycles. The van der Waals surface area contributed by atoms with Gasteiger partial charge < -0.3 is 10.1 Å². The highest BCUT2D eigenvalue weighted by Gasteiger charge is 2.11. The predicted molar refractivity (Wildman–Crippen MR) is 139 cm³/mol. The van der Waals surface area contributed by atoms with Gasteiger partial charge in [0.2, 0.25) is 0 Å². The summed E-state index contributed by atoms with van der Waals surface area (Å²) in [6, 6.07) is 26.5. The third-order valence-electron chi connectivity index (χ3n) is 6.41. The van der Waals surface area contributed by atoms with Crippen LogP contribution in [0.5, 0.6) is 5.75 Å². The number of rotatable bonds is 9. The van der Waals surface area contributed by atoms with Crippen molar-refractivity contribution in [1.29, 1.82) is 0 Å². The molecule has 3 aromatic carbocycles. The van der Waals surface area contributed by atoms with Crippen molar-refractivity contribution in [3.05, 3.63) is 102 Å². The summed E-state index contributed by atoms with van der Waals surface area (Å²) in [5, 5.41) is 9.39. The molecule has 0 bridgehead atoms. The molecule has 0 saturated carbocycles. The van der Waals surface area contributed by atoms with Crippen LogP contribution < -0.4 is 10.1 Å². The molecular formula is C29H30N4O2. The zero-order valence-electron chi connectivity index (χ0n) is 19.7. The van der Waals surface area contributed by atoms with Gasteiger partial charge in [-0.1, -0.05) is 48.5 Å². The lowest BCUT2D eigenvalue weighted by molar-refractivity contribution is 0.102. The van der Waals surface area contributed by atoms with E-state index in [-0.39, 0.29) is 5.91 Å². The summed E-state index contributed by atoms with van der Waals surface area (Å²) in [6.45, 7) is 4.13. The van der Waals surface area contributed by atoms with Crippen molar-refractivity contribution in [1.82, 2.24) is 15.1 Å². The van der Waals surface area contributed by atoms with Crippen LogP contribution >= 0.6 is 0 Å². The van der Waals surface area contributed by atoms with Crippen molar-refractivity contribution in [3.8, 4) is 16.9 Å². The number of benzene rings is 3. The van der Waals surface area contributed by atoms with E-state index in [1.807, 2.05) is 24.3 Å². The quantitative estimate of drug-likeness (QED) is 0.347. The van der Waals surface area contributed by atoms with E-state index in [0.717, 1.165) is 36.6 Å². The van der Waals surface area contributed by atoms with E-state index in [4.69, 9.17) is 4.74 Å². The minimum absolute atomic E-state index is 0.209. The molecule has 1 fully saturated rings. The highest BCUT2D eigenvalue weighted by molar-refractivity contribution is 6.02. The number of amides is 1. The lowest BCUT2D eigenvalue weighted by Gasteiger charge is -2.15. The number of H-pyrrole nitrogens is 1. The van der Waals surface area contributed by atoms with Crippen molar-refractivity contribution in [3.63, 3.8) is 0 Å². The Morgan fingerprint density at radius 1 is 0.943 bits per heavy atom. The Bertz CT molecular complexity index is 1230.